The maximum Gasteiger partial charge on any atom is 0.399 e. The molecule has 0 aliphatic carbocycles. The number of nitrogens with zero attached hydrogens (tertiary/aromatic N) is 3. The number of benzene rings is 1. The van der Waals surface area contributed by atoms with E-state index in [1.165, 1.54) is 35.1 Å². The summed E-state index contributed by atoms with van der Waals surface area (Å²) in [4.78, 5) is 27.8. The van der Waals surface area contributed by atoms with E-state index in [9.17, 15) is 22.8 Å². The fourth-order valence-electron chi connectivity index (χ4n) is 3.29. The van der Waals surface area contributed by atoms with Gasteiger partial charge in [0.2, 0.25) is 0 Å². The van der Waals surface area contributed by atoms with Crippen molar-refractivity contribution in [2.75, 3.05) is 0 Å². The van der Waals surface area contributed by atoms with Crippen LogP contribution in [0.15, 0.2) is 36.5 Å². The van der Waals surface area contributed by atoms with E-state index in [4.69, 9.17) is 5.11 Å². The zero-order chi connectivity index (χ0) is 23.8. The number of halogens is 3. The maximum atomic E-state index is 13.3. The normalized spacial score (nSPS) is 13.2. The number of carboxylic acids is 1. The van der Waals surface area contributed by atoms with Crippen LogP contribution in [0.2, 0.25) is 0 Å². The van der Waals surface area contributed by atoms with Gasteiger partial charge in [-0.1, -0.05) is 6.07 Å². The topological polar surface area (TPSA) is 97.1 Å². The average Bonchev–Trinajstić information content (AvgIpc) is 3.05. The fraction of sp³-hybridized carbons (Fsp3) is 0.364. The van der Waals surface area contributed by atoms with E-state index in [0.717, 1.165) is 13.8 Å². The van der Waals surface area contributed by atoms with Crippen LogP contribution in [0.3, 0.4) is 0 Å². The van der Waals surface area contributed by atoms with Gasteiger partial charge in [-0.05, 0) is 52.0 Å². The molecule has 1 atom stereocenters. The molecule has 3 rings (SSSR count). The Morgan fingerprint density at radius 3 is 2.50 bits per heavy atom. The lowest BCUT2D eigenvalue weighted by Crippen LogP contribution is -2.37. The van der Waals surface area contributed by atoms with Gasteiger partial charge in [-0.2, -0.15) is 18.3 Å². The highest BCUT2D eigenvalue weighted by atomic mass is 19.4. The first-order chi connectivity index (χ1) is 14.8. The number of pyridine rings is 1. The SMILES string of the molecule is Cc1c(C(C)NC(=O)c2ccc3nc(C(C)(C)C(F)(F)F)ccc3c2)cnn1CC(=O)O. The van der Waals surface area contributed by atoms with Gasteiger partial charge in [0.05, 0.1) is 23.4 Å². The van der Waals surface area contributed by atoms with Crippen molar-refractivity contribution in [1.82, 2.24) is 20.1 Å². The molecular weight excluding hydrogens is 425 g/mol. The third-order valence-corrected chi connectivity index (χ3v) is 5.54. The van der Waals surface area contributed by atoms with Crippen molar-refractivity contribution in [3.05, 3.63) is 59.0 Å². The highest BCUT2D eigenvalue weighted by Crippen LogP contribution is 2.39. The molecule has 1 amide bonds. The summed E-state index contributed by atoms with van der Waals surface area (Å²) in [6.07, 6.45) is -2.93. The molecule has 0 radical (unpaired) electrons. The summed E-state index contributed by atoms with van der Waals surface area (Å²) in [5.74, 6) is -1.41. The molecule has 0 spiro atoms. The Hall–Kier alpha value is -3.43. The lowest BCUT2D eigenvalue weighted by molar-refractivity contribution is -0.181. The Morgan fingerprint density at radius 1 is 1.19 bits per heavy atom. The molecule has 0 saturated heterocycles. The molecule has 170 valence electrons. The molecule has 2 N–H and O–H groups in total. The Balaban J connectivity index is 1.81. The number of aromatic nitrogens is 3. The van der Waals surface area contributed by atoms with E-state index in [-0.39, 0.29) is 18.1 Å². The van der Waals surface area contributed by atoms with Crippen LogP contribution in [-0.4, -0.2) is 37.9 Å². The zero-order valence-electron chi connectivity index (χ0n) is 18.0. The number of aliphatic carboxylic acids is 1. The Morgan fingerprint density at radius 2 is 1.88 bits per heavy atom. The first-order valence-corrected chi connectivity index (χ1v) is 9.84. The number of rotatable bonds is 6. The van der Waals surface area contributed by atoms with Crippen molar-refractivity contribution >= 4 is 22.8 Å². The van der Waals surface area contributed by atoms with Crippen LogP contribution in [-0.2, 0) is 16.8 Å². The molecule has 7 nitrogen and oxygen atoms in total. The van der Waals surface area contributed by atoms with Gasteiger partial charge < -0.3 is 10.4 Å². The number of fused-ring (bicyclic) bond motifs is 1. The molecular formula is C22H23F3N4O3. The van der Waals surface area contributed by atoms with Gasteiger partial charge in [-0.25, -0.2) is 0 Å². The summed E-state index contributed by atoms with van der Waals surface area (Å²) in [5.41, 5.74) is -0.212. The summed E-state index contributed by atoms with van der Waals surface area (Å²) < 4.78 is 41.3. The maximum absolute atomic E-state index is 13.3. The highest BCUT2D eigenvalue weighted by Gasteiger charge is 2.49. The molecule has 3 aromatic rings. The summed E-state index contributed by atoms with van der Waals surface area (Å²) in [6, 6.07) is 6.99. The second-order valence-electron chi connectivity index (χ2n) is 8.16. The molecule has 2 heterocycles. The number of alkyl halides is 3. The van der Waals surface area contributed by atoms with Crippen molar-refractivity contribution in [3.63, 3.8) is 0 Å². The summed E-state index contributed by atoms with van der Waals surface area (Å²) >= 11 is 0. The predicted octanol–water partition coefficient (Wildman–Crippen LogP) is 4.16. The van der Waals surface area contributed by atoms with Gasteiger partial charge in [-0.3, -0.25) is 19.3 Å². The number of carboxylic acid groups (broad SMARTS) is 1. The van der Waals surface area contributed by atoms with Gasteiger partial charge in [0.1, 0.15) is 12.0 Å². The van der Waals surface area contributed by atoms with Crippen LogP contribution in [0.25, 0.3) is 10.9 Å². The molecule has 1 aromatic carbocycles. The van der Waals surface area contributed by atoms with Crippen LogP contribution in [0.5, 0.6) is 0 Å². The number of hydrogen-bond acceptors (Lipinski definition) is 4. The van der Waals surface area contributed by atoms with Crippen LogP contribution >= 0.6 is 0 Å². The van der Waals surface area contributed by atoms with Gasteiger partial charge in [0, 0.05) is 22.2 Å². The van der Waals surface area contributed by atoms with Crippen molar-refractivity contribution in [2.24, 2.45) is 0 Å². The smallest absolute Gasteiger partial charge is 0.399 e. The number of nitrogens with one attached hydrogen (secondary N) is 1. The largest absolute Gasteiger partial charge is 0.480 e. The lowest BCUT2D eigenvalue weighted by atomic mass is 9.87. The van der Waals surface area contributed by atoms with Gasteiger partial charge >= 0.3 is 12.1 Å². The van der Waals surface area contributed by atoms with Crippen molar-refractivity contribution in [2.45, 2.75) is 51.9 Å². The lowest BCUT2D eigenvalue weighted by Gasteiger charge is -2.27. The average molecular weight is 448 g/mol. The summed E-state index contributed by atoms with van der Waals surface area (Å²) in [7, 11) is 0. The van der Waals surface area contributed by atoms with E-state index in [0.29, 0.717) is 27.7 Å². The van der Waals surface area contributed by atoms with Crippen LogP contribution in [0.1, 0.15) is 54.1 Å². The van der Waals surface area contributed by atoms with Gasteiger partial charge in [-0.15, -0.1) is 0 Å². The van der Waals surface area contributed by atoms with Gasteiger partial charge in [0.15, 0.2) is 0 Å². The molecule has 32 heavy (non-hydrogen) atoms. The fourth-order valence-corrected chi connectivity index (χ4v) is 3.29. The third kappa shape index (κ3) is 4.44. The highest BCUT2D eigenvalue weighted by molar-refractivity contribution is 5.98. The Labute approximate surface area is 182 Å². The monoisotopic (exact) mass is 448 g/mol. The Kier molecular flexibility index (Phi) is 5.99. The first-order valence-electron chi connectivity index (χ1n) is 9.84. The van der Waals surface area contributed by atoms with E-state index in [1.807, 2.05) is 0 Å². The van der Waals surface area contributed by atoms with E-state index < -0.39 is 23.6 Å². The van der Waals surface area contributed by atoms with Gasteiger partial charge in [0.25, 0.3) is 5.91 Å². The second-order valence-corrected chi connectivity index (χ2v) is 8.16. The number of carbonyl (C=O) groups excluding carboxylic acids is 1. The Bertz CT molecular complexity index is 1180. The van der Waals surface area contributed by atoms with Crippen molar-refractivity contribution in [1.29, 1.82) is 0 Å². The number of hydrogen-bond donors (Lipinski definition) is 2. The van der Waals surface area contributed by atoms with Crippen LogP contribution in [0.4, 0.5) is 13.2 Å². The number of carbonyl (C=O) groups is 2. The van der Waals surface area contributed by atoms with Crippen molar-refractivity contribution in [3.8, 4) is 0 Å². The minimum absolute atomic E-state index is 0.0998. The molecule has 0 aliphatic heterocycles. The molecule has 2 aromatic heterocycles. The standard InChI is InChI=1S/C22H23F3N4O3/c1-12(16-10-26-29(13(16)2)11-19(30)31)27-20(32)15-5-7-17-14(9-15)6-8-18(28-17)21(3,4)22(23,24)25/h5-10,12H,11H2,1-4H3,(H,27,32)(H,30,31). The molecule has 0 fully saturated rings. The van der Waals surface area contributed by atoms with E-state index in [2.05, 4.69) is 15.4 Å². The van der Waals surface area contributed by atoms with E-state index in [1.54, 1.807) is 19.9 Å². The minimum atomic E-state index is -4.44. The molecule has 0 saturated carbocycles. The molecule has 10 heteroatoms. The third-order valence-electron chi connectivity index (χ3n) is 5.54. The molecule has 0 aliphatic rings. The second kappa shape index (κ2) is 8.25. The van der Waals surface area contributed by atoms with Crippen LogP contribution in [0, 0.1) is 6.92 Å². The van der Waals surface area contributed by atoms with Crippen LogP contribution < -0.4 is 5.32 Å². The number of amides is 1. The minimum Gasteiger partial charge on any atom is -0.480 e. The summed E-state index contributed by atoms with van der Waals surface area (Å²) in [5, 5.41) is 16.3. The predicted molar refractivity (Wildman–Crippen MR) is 111 cm³/mol. The first kappa shape index (κ1) is 23.2. The quantitative estimate of drug-likeness (QED) is 0.590. The molecule has 0 bridgehead atoms. The van der Waals surface area contributed by atoms with Crippen molar-refractivity contribution < 1.29 is 27.9 Å². The molecule has 1 unspecified atom stereocenters. The summed E-state index contributed by atoms with van der Waals surface area (Å²) in [6.45, 7) is 5.34. The van der Waals surface area contributed by atoms with E-state index >= 15 is 0 Å². The zero-order valence-corrected chi connectivity index (χ0v) is 18.0.